The summed E-state index contributed by atoms with van der Waals surface area (Å²) in [5, 5.41) is 8.68. The van der Waals surface area contributed by atoms with Gasteiger partial charge in [0.05, 0.1) is 24.3 Å². The minimum absolute atomic E-state index is 0.0242. The van der Waals surface area contributed by atoms with Crippen molar-refractivity contribution in [1.29, 1.82) is 5.26 Å². The Morgan fingerprint density at radius 2 is 1.78 bits per heavy atom. The van der Waals surface area contributed by atoms with Crippen LogP contribution in [0.25, 0.3) is 0 Å². The average molecular weight is 313 g/mol. The molecule has 0 N–H and O–H groups in total. The Morgan fingerprint density at radius 1 is 1.13 bits per heavy atom. The number of Topliss-reactive ketones (excluding diaryl/α,β-unsaturated/α-hetero) is 1. The molecule has 5 nitrogen and oxygen atoms in total. The van der Waals surface area contributed by atoms with Crippen molar-refractivity contribution in [2.24, 2.45) is 0 Å². The lowest BCUT2D eigenvalue weighted by Crippen LogP contribution is -2.14. The van der Waals surface area contributed by atoms with Crippen LogP contribution >= 0.6 is 0 Å². The zero-order chi connectivity index (χ0) is 16.8. The Morgan fingerprint density at radius 3 is 2.35 bits per heavy atom. The zero-order valence-electron chi connectivity index (χ0n) is 12.2. The molecular formula is C17H12FNO4. The molecule has 0 heterocycles. The van der Waals surface area contributed by atoms with E-state index in [0.29, 0.717) is 5.56 Å². The summed E-state index contributed by atoms with van der Waals surface area (Å²) in [5.41, 5.74) is 0.708. The molecule has 0 aliphatic heterocycles. The number of carbonyl (C=O) groups excluding carboxylic acids is 2. The normalized spacial score (nSPS) is 9.78. The highest BCUT2D eigenvalue weighted by molar-refractivity contribution is 5.99. The average Bonchev–Trinajstić information content (AvgIpc) is 2.59. The van der Waals surface area contributed by atoms with Gasteiger partial charge in [-0.05, 0) is 42.5 Å². The van der Waals surface area contributed by atoms with Gasteiger partial charge in [-0.15, -0.1) is 0 Å². The highest BCUT2D eigenvalue weighted by Crippen LogP contribution is 2.18. The molecule has 0 bridgehead atoms. The number of benzene rings is 2. The van der Waals surface area contributed by atoms with Crippen molar-refractivity contribution in [1.82, 2.24) is 0 Å². The van der Waals surface area contributed by atoms with E-state index in [1.165, 1.54) is 43.5 Å². The first-order valence-electron chi connectivity index (χ1n) is 6.59. The second kappa shape index (κ2) is 7.18. The number of carbonyl (C=O) groups is 2. The predicted octanol–water partition coefficient (Wildman–Crippen LogP) is 2.75. The van der Waals surface area contributed by atoms with Crippen LogP contribution in [0.1, 0.15) is 26.3 Å². The molecule has 0 spiro atoms. The number of halogens is 1. The third-order valence-electron chi connectivity index (χ3n) is 3.06. The summed E-state index contributed by atoms with van der Waals surface area (Å²) in [7, 11) is 1.32. The van der Waals surface area contributed by atoms with Crippen LogP contribution in [0.5, 0.6) is 5.75 Å². The van der Waals surface area contributed by atoms with Crippen molar-refractivity contribution >= 4 is 11.8 Å². The molecular weight excluding hydrogens is 301 g/mol. The second-order valence-electron chi connectivity index (χ2n) is 4.54. The lowest BCUT2D eigenvalue weighted by molar-refractivity contribution is 0.0474. The van der Waals surface area contributed by atoms with Crippen LogP contribution in [0.3, 0.4) is 0 Å². The fraction of sp³-hybridized carbons (Fsp3) is 0.118. The summed E-state index contributed by atoms with van der Waals surface area (Å²) in [6.07, 6.45) is 0. The van der Waals surface area contributed by atoms with Crippen LogP contribution in [-0.2, 0) is 4.74 Å². The third kappa shape index (κ3) is 3.92. The molecule has 116 valence electrons. The van der Waals surface area contributed by atoms with Gasteiger partial charge in [-0.1, -0.05) is 0 Å². The molecule has 6 heteroatoms. The molecule has 23 heavy (non-hydrogen) atoms. The highest BCUT2D eigenvalue weighted by Gasteiger charge is 2.14. The lowest BCUT2D eigenvalue weighted by atomic mass is 10.1. The first-order chi connectivity index (χ1) is 11.0. The fourth-order valence-corrected chi connectivity index (χ4v) is 1.82. The molecule has 0 aliphatic carbocycles. The second-order valence-corrected chi connectivity index (χ2v) is 4.54. The number of rotatable bonds is 5. The zero-order valence-corrected chi connectivity index (χ0v) is 12.2. The van der Waals surface area contributed by atoms with Gasteiger partial charge in [0.1, 0.15) is 0 Å². The van der Waals surface area contributed by atoms with E-state index in [9.17, 15) is 14.0 Å². The number of esters is 1. The molecule has 2 rings (SSSR count). The maximum atomic E-state index is 13.5. The van der Waals surface area contributed by atoms with Crippen molar-refractivity contribution in [3.63, 3.8) is 0 Å². The van der Waals surface area contributed by atoms with Gasteiger partial charge in [-0.3, -0.25) is 4.79 Å². The molecule has 2 aromatic carbocycles. The largest absolute Gasteiger partial charge is 0.494 e. The molecule has 0 radical (unpaired) electrons. The quantitative estimate of drug-likeness (QED) is 0.626. The van der Waals surface area contributed by atoms with E-state index in [1.807, 2.05) is 6.07 Å². The SMILES string of the molecule is COc1ccc(C(=O)COC(=O)c2ccc(C#N)cc2)cc1F. The molecule has 0 amide bonds. The minimum atomic E-state index is -0.697. The number of hydrogen-bond donors (Lipinski definition) is 0. The first-order valence-corrected chi connectivity index (χ1v) is 6.59. The Kier molecular flexibility index (Phi) is 5.05. The van der Waals surface area contributed by atoms with Gasteiger partial charge in [-0.25, -0.2) is 9.18 Å². The molecule has 2 aromatic rings. The summed E-state index contributed by atoms with van der Waals surface area (Å²) in [4.78, 5) is 23.7. The Hall–Kier alpha value is -3.20. The maximum absolute atomic E-state index is 13.5. The minimum Gasteiger partial charge on any atom is -0.494 e. The molecule has 0 atom stereocenters. The van der Waals surface area contributed by atoms with Crippen LogP contribution in [-0.4, -0.2) is 25.5 Å². The van der Waals surface area contributed by atoms with E-state index < -0.39 is 24.2 Å². The third-order valence-corrected chi connectivity index (χ3v) is 3.06. The molecule has 0 aromatic heterocycles. The van der Waals surface area contributed by atoms with Gasteiger partial charge in [0, 0.05) is 5.56 Å². The monoisotopic (exact) mass is 313 g/mol. The summed E-state index contributed by atoms with van der Waals surface area (Å²) in [6.45, 7) is -0.509. The highest BCUT2D eigenvalue weighted by atomic mass is 19.1. The lowest BCUT2D eigenvalue weighted by Gasteiger charge is -2.06. The van der Waals surface area contributed by atoms with Gasteiger partial charge in [-0.2, -0.15) is 5.26 Å². The van der Waals surface area contributed by atoms with E-state index in [0.717, 1.165) is 6.07 Å². The maximum Gasteiger partial charge on any atom is 0.338 e. The topological polar surface area (TPSA) is 76.4 Å². The Labute approximate surface area is 131 Å². The van der Waals surface area contributed by atoms with Crippen LogP contribution < -0.4 is 4.74 Å². The van der Waals surface area contributed by atoms with E-state index in [-0.39, 0.29) is 16.9 Å². The van der Waals surface area contributed by atoms with Crippen molar-refractivity contribution in [3.05, 3.63) is 65.0 Å². The van der Waals surface area contributed by atoms with Crippen molar-refractivity contribution < 1.29 is 23.5 Å². The van der Waals surface area contributed by atoms with Crippen LogP contribution in [0.4, 0.5) is 4.39 Å². The number of ether oxygens (including phenoxy) is 2. The van der Waals surface area contributed by atoms with Gasteiger partial charge in [0.15, 0.2) is 24.0 Å². The summed E-state index contributed by atoms with van der Waals surface area (Å²) in [5.74, 6) is -1.88. The van der Waals surface area contributed by atoms with Crippen molar-refractivity contribution in [2.45, 2.75) is 0 Å². The number of nitrogens with zero attached hydrogens (tertiary/aromatic N) is 1. The van der Waals surface area contributed by atoms with Gasteiger partial charge < -0.3 is 9.47 Å². The van der Waals surface area contributed by atoms with Crippen LogP contribution in [0.15, 0.2) is 42.5 Å². The predicted molar refractivity (Wildman–Crippen MR) is 78.7 cm³/mol. The molecule has 0 unspecified atom stereocenters. The van der Waals surface area contributed by atoms with E-state index in [4.69, 9.17) is 14.7 Å². The molecule has 0 saturated heterocycles. The number of nitriles is 1. The van der Waals surface area contributed by atoms with Crippen LogP contribution in [0.2, 0.25) is 0 Å². The van der Waals surface area contributed by atoms with Gasteiger partial charge in [0.25, 0.3) is 0 Å². The van der Waals surface area contributed by atoms with Gasteiger partial charge >= 0.3 is 5.97 Å². The fourth-order valence-electron chi connectivity index (χ4n) is 1.82. The van der Waals surface area contributed by atoms with E-state index >= 15 is 0 Å². The standard InChI is InChI=1S/C17H12FNO4/c1-22-16-7-6-13(8-14(16)18)15(20)10-23-17(21)12-4-2-11(9-19)3-5-12/h2-8H,10H2,1H3. The smallest absolute Gasteiger partial charge is 0.338 e. The summed E-state index contributed by atoms with van der Waals surface area (Å²) >= 11 is 0. The molecule has 0 saturated carbocycles. The molecule has 0 fully saturated rings. The van der Waals surface area contributed by atoms with Crippen molar-refractivity contribution in [3.8, 4) is 11.8 Å². The summed E-state index contributed by atoms with van der Waals surface area (Å²) in [6, 6.07) is 11.5. The van der Waals surface area contributed by atoms with Crippen molar-refractivity contribution in [2.75, 3.05) is 13.7 Å². The Balaban J connectivity index is 1.99. The first kappa shape index (κ1) is 16.2. The number of ketones is 1. The number of hydrogen-bond acceptors (Lipinski definition) is 5. The number of methoxy groups -OCH3 is 1. The molecule has 0 aliphatic rings. The van der Waals surface area contributed by atoms with Gasteiger partial charge in [0.2, 0.25) is 0 Å². The Bertz CT molecular complexity index is 778. The van der Waals surface area contributed by atoms with E-state index in [2.05, 4.69) is 0 Å². The van der Waals surface area contributed by atoms with E-state index in [1.54, 1.807) is 0 Å². The van der Waals surface area contributed by atoms with Crippen LogP contribution in [0, 0.1) is 17.1 Å². The summed E-state index contributed by atoms with van der Waals surface area (Å²) < 4.78 is 23.2.